The van der Waals surface area contributed by atoms with Crippen LogP contribution in [0.5, 0.6) is 0 Å². The molecule has 0 aliphatic carbocycles. The lowest BCUT2D eigenvalue weighted by molar-refractivity contribution is 0.0689. The first-order chi connectivity index (χ1) is 6.84. The quantitative estimate of drug-likeness (QED) is 0.618. The van der Waals surface area contributed by atoms with Gasteiger partial charge in [0.15, 0.2) is 10.9 Å². The Morgan fingerprint density at radius 2 is 2.00 bits per heavy atom. The van der Waals surface area contributed by atoms with E-state index in [1.54, 1.807) is 0 Å². The average molecular weight is 226 g/mol. The number of carboxylic acid groups (broad SMARTS) is 1. The Kier molecular flexibility index (Phi) is 3.34. The Hall–Kier alpha value is -1.10. The van der Waals surface area contributed by atoms with E-state index in [1.165, 1.54) is 17.8 Å². The Bertz CT molecular complexity index is 385. The van der Waals surface area contributed by atoms with Gasteiger partial charge in [-0.25, -0.2) is 14.8 Å². The van der Waals surface area contributed by atoms with Gasteiger partial charge in [0.25, 0.3) is 0 Å². The van der Waals surface area contributed by atoms with Gasteiger partial charge in [-0.2, -0.15) is 0 Å². The van der Waals surface area contributed by atoms with Crippen molar-refractivity contribution in [1.82, 2.24) is 9.97 Å². The standard InChI is InChI=1S/C10H14N2O2S/c1-10(2,3)7-5-6(8(13)14)11-9(12-7)15-4/h5H,1-4H3,(H,13,14). The minimum absolute atomic E-state index is 0.0549. The molecule has 0 unspecified atom stereocenters. The minimum Gasteiger partial charge on any atom is -0.477 e. The molecule has 0 spiro atoms. The number of carboxylic acids is 1. The molecule has 0 saturated heterocycles. The SMILES string of the molecule is CSc1nc(C(=O)O)cc(C(C)(C)C)n1. The second-order valence-electron chi connectivity index (χ2n) is 4.18. The molecule has 0 saturated carbocycles. The predicted molar refractivity (Wildman–Crippen MR) is 59.5 cm³/mol. The molecule has 82 valence electrons. The van der Waals surface area contributed by atoms with Gasteiger partial charge in [0, 0.05) is 5.41 Å². The molecule has 0 fully saturated rings. The summed E-state index contributed by atoms with van der Waals surface area (Å²) in [4.78, 5) is 19.1. The summed E-state index contributed by atoms with van der Waals surface area (Å²) in [5, 5.41) is 9.40. The van der Waals surface area contributed by atoms with Crippen LogP contribution in [-0.4, -0.2) is 27.3 Å². The molecule has 0 bridgehead atoms. The van der Waals surface area contributed by atoms with E-state index in [0.717, 1.165) is 5.69 Å². The van der Waals surface area contributed by atoms with Gasteiger partial charge in [0.1, 0.15) is 0 Å². The zero-order valence-corrected chi connectivity index (χ0v) is 10.1. The number of carbonyl (C=O) groups is 1. The van der Waals surface area contributed by atoms with Gasteiger partial charge in [0.05, 0.1) is 5.69 Å². The highest BCUT2D eigenvalue weighted by molar-refractivity contribution is 7.98. The van der Waals surface area contributed by atoms with E-state index in [0.29, 0.717) is 5.16 Å². The number of aromatic nitrogens is 2. The predicted octanol–water partition coefficient (Wildman–Crippen LogP) is 2.19. The molecule has 4 nitrogen and oxygen atoms in total. The van der Waals surface area contributed by atoms with Crippen LogP contribution in [-0.2, 0) is 5.41 Å². The molecule has 0 radical (unpaired) electrons. The van der Waals surface area contributed by atoms with Crippen LogP contribution in [0, 0.1) is 0 Å². The Morgan fingerprint density at radius 1 is 1.40 bits per heavy atom. The number of nitrogens with zero attached hydrogens (tertiary/aromatic N) is 2. The van der Waals surface area contributed by atoms with Crippen LogP contribution in [0.25, 0.3) is 0 Å². The monoisotopic (exact) mass is 226 g/mol. The average Bonchev–Trinajstić information content (AvgIpc) is 2.15. The summed E-state index contributed by atoms with van der Waals surface area (Å²) in [6.45, 7) is 5.97. The number of thioether (sulfide) groups is 1. The minimum atomic E-state index is -1.02. The third-order valence-electron chi connectivity index (χ3n) is 1.88. The summed E-state index contributed by atoms with van der Waals surface area (Å²) < 4.78 is 0. The smallest absolute Gasteiger partial charge is 0.354 e. The van der Waals surface area contributed by atoms with Crippen molar-refractivity contribution in [3.63, 3.8) is 0 Å². The second kappa shape index (κ2) is 4.18. The van der Waals surface area contributed by atoms with Crippen molar-refractivity contribution in [3.05, 3.63) is 17.5 Å². The van der Waals surface area contributed by atoms with Gasteiger partial charge >= 0.3 is 5.97 Å². The number of hydrogen-bond donors (Lipinski definition) is 1. The van der Waals surface area contributed by atoms with Crippen LogP contribution >= 0.6 is 11.8 Å². The van der Waals surface area contributed by atoms with Crippen molar-refractivity contribution in [2.24, 2.45) is 0 Å². The van der Waals surface area contributed by atoms with Crippen LogP contribution in [0.3, 0.4) is 0 Å². The highest BCUT2D eigenvalue weighted by atomic mass is 32.2. The van der Waals surface area contributed by atoms with Crippen LogP contribution in [0.4, 0.5) is 0 Å². The summed E-state index contributed by atoms with van der Waals surface area (Å²) >= 11 is 1.35. The molecular weight excluding hydrogens is 212 g/mol. The van der Waals surface area contributed by atoms with E-state index < -0.39 is 5.97 Å². The van der Waals surface area contributed by atoms with E-state index in [-0.39, 0.29) is 11.1 Å². The normalized spacial score (nSPS) is 11.5. The first-order valence-electron chi connectivity index (χ1n) is 4.51. The summed E-state index contributed by atoms with van der Waals surface area (Å²) in [6.07, 6.45) is 1.83. The van der Waals surface area contributed by atoms with Gasteiger partial charge in [-0.15, -0.1) is 0 Å². The topological polar surface area (TPSA) is 63.1 Å². The molecule has 0 aromatic carbocycles. The number of hydrogen-bond acceptors (Lipinski definition) is 4. The maximum absolute atomic E-state index is 10.8. The van der Waals surface area contributed by atoms with Crippen LogP contribution in [0.15, 0.2) is 11.2 Å². The van der Waals surface area contributed by atoms with Gasteiger partial charge in [-0.3, -0.25) is 0 Å². The summed E-state index contributed by atoms with van der Waals surface area (Å²) in [7, 11) is 0. The molecule has 0 atom stereocenters. The summed E-state index contributed by atoms with van der Waals surface area (Å²) in [5.74, 6) is -1.02. The summed E-state index contributed by atoms with van der Waals surface area (Å²) in [5.41, 5.74) is 0.635. The molecule has 0 aliphatic rings. The van der Waals surface area contributed by atoms with Crippen LogP contribution in [0.1, 0.15) is 37.0 Å². The van der Waals surface area contributed by atoms with Crippen molar-refractivity contribution in [1.29, 1.82) is 0 Å². The maximum Gasteiger partial charge on any atom is 0.354 e. The van der Waals surface area contributed by atoms with Crippen molar-refractivity contribution in [2.75, 3.05) is 6.26 Å². The van der Waals surface area contributed by atoms with Gasteiger partial charge < -0.3 is 5.11 Å². The zero-order chi connectivity index (χ0) is 11.6. The van der Waals surface area contributed by atoms with Crippen molar-refractivity contribution < 1.29 is 9.90 Å². The van der Waals surface area contributed by atoms with E-state index in [9.17, 15) is 4.79 Å². The van der Waals surface area contributed by atoms with Crippen LogP contribution in [0.2, 0.25) is 0 Å². The Labute approximate surface area is 93.1 Å². The number of aromatic carboxylic acids is 1. The molecule has 1 heterocycles. The highest BCUT2D eigenvalue weighted by Gasteiger charge is 2.19. The zero-order valence-electron chi connectivity index (χ0n) is 9.24. The molecule has 5 heteroatoms. The molecule has 0 amide bonds. The first-order valence-corrected chi connectivity index (χ1v) is 5.74. The summed E-state index contributed by atoms with van der Waals surface area (Å²) in [6, 6.07) is 1.53. The van der Waals surface area contributed by atoms with E-state index in [2.05, 4.69) is 9.97 Å². The first kappa shape index (κ1) is 12.0. The molecular formula is C10H14N2O2S. The van der Waals surface area contributed by atoms with E-state index in [1.807, 2.05) is 27.0 Å². The highest BCUT2D eigenvalue weighted by Crippen LogP contribution is 2.22. The van der Waals surface area contributed by atoms with Gasteiger partial charge in [-0.05, 0) is 12.3 Å². The van der Waals surface area contributed by atoms with Gasteiger partial charge in [0.2, 0.25) is 0 Å². The van der Waals surface area contributed by atoms with Crippen molar-refractivity contribution in [3.8, 4) is 0 Å². The molecule has 1 aromatic rings. The van der Waals surface area contributed by atoms with Gasteiger partial charge in [-0.1, -0.05) is 32.5 Å². The molecule has 15 heavy (non-hydrogen) atoms. The largest absolute Gasteiger partial charge is 0.477 e. The lowest BCUT2D eigenvalue weighted by atomic mass is 9.91. The fraction of sp³-hybridized carbons (Fsp3) is 0.500. The lowest BCUT2D eigenvalue weighted by Gasteiger charge is -2.18. The van der Waals surface area contributed by atoms with Crippen molar-refractivity contribution >= 4 is 17.7 Å². The molecule has 1 N–H and O–H groups in total. The lowest BCUT2D eigenvalue weighted by Crippen LogP contribution is -2.16. The molecule has 1 rings (SSSR count). The molecule has 0 aliphatic heterocycles. The maximum atomic E-state index is 10.8. The van der Waals surface area contributed by atoms with E-state index in [4.69, 9.17) is 5.11 Å². The van der Waals surface area contributed by atoms with Crippen LogP contribution < -0.4 is 0 Å². The van der Waals surface area contributed by atoms with E-state index >= 15 is 0 Å². The third kappa shape index (κ3) is 2.92. The van der Waals surface area contributed by atoms with Crippen molar-refractivity contribution in [2.45, 2.75) is 31.3 Å². The third-order valence-corrected chi connectivity index (χ3v) is 2.42. The Balaban J connectivity index is 3.30. The second-order valence-corrected chi connectivity index (χ2v) is 4.95. The number of rotatable bonds is 2. The Morgan fingerprint density at radius 3 is 2.40 bits per heavy atom. The fourth-order valence-corrected chi connectivity index (χ4v) is 1.39. The fourth-order valence-electron chi connectivity index (χ4n) is 1.01. The molecule has 1 aromatic heterocycles.